The molecule has 0 aromatic heterocycles. The third-order valence-electron chi connectivity index (χ3n) is 2.87. The number of benzene rings is 1. The number of aliphatic hydroxyl groups is 1. The Hall–Kier alpha value is -1.49. The molecule has 0 heterocycles. The molecule has 3 nitrogen and oxygen atoms in total. The summed E-state index contributed by atoms with van der Waals surface area (Å²) in [6, 6.07) is 3.31. The summed E-state index contributed by atoms with van der Waals surface area (Å²) in [5.41, 5.74) is -0.478. The number of halogens is 2. The first-order valence-electron chi connectivity index (χ1n) is 6.31. The van der Waals surface area contributed by atoms with Gasteiger partial charge in [-0.3, -0.25) is 4.79 Å². The lowest BCUT2D eigenvalue weighted by Crippen LogP contribution is -2.26. The smallest absolute Gasteiger partial charge is 0.311 e. The van der Waals surface area contributed by atoms with Gasteiger partial charge in [0.25, 0.3) is 0 Å². The molecule has 106 valence electrons. The fourth-order valence-electron chi connectivity index (χ4n) is 1.96. The quantitative estimate of drug-likeness (QED) is 0.810. The lowest BCUT2D eigenvalue weighted by molar-refractivity contribution is -0.152. The molecule has 1 aromatic carbocycles. The van der Waals surface area contributed by atoms with Crippen LogP contribution in [0.4, 0.5) is 8.78 Å². The van der Waals surface area contributed by atoms with Crippen molar-refractivity contribution in [3.8, 4) is 0 Å². The summed E-state index contributed by atoms with van der Waals surface area (Å²) in [5.74, 6) is -3.33. The second-order valence-electron chi connectivity index (χ2n) is 4.23. The molecule has 0 aliphatic rings. The molecule has 0 bridgehead atoms. The van der Waals surface area contributed by atoms with Crippen molar-refractivity contribution in [1.82, 2.24) is 0 Å². The maximum absolute atomic E-state index is 13.6. The standard InChI is InChI=1S/C14H18F2O3/c1-3-6-9(14(18)19-4-2)13(17)12-10(15)7-5-8-11(12)16/h5,7-9,13,17H,3-4,6H2,1-2H3. The van der Waals surface area contributed by atoms with Gasteiger partial charge in [-0.05, 0) is 25.5 Å². The van der Waals surface area contributed by atoms with Crippen LogP contribution in [-0.2, 0) is 9.53 Å². The molecule has 0 spiro atoms. The topological polar surface area (TPSA) is 46.5 Å². The second-order valence-corrected chi connectivity index (χ2v) is 4.23. The minimum Gasteiger partial charge on any atom is -0.466 e. The summed E-state index contributed by atoms with van der Waals surface area (Å²) in [5, 5.41) is 10.1. The molecule has 1 aromatic rings. The van der Waals surface area contributed by atoms with Crippen LogP contribution in [0.1, 0.15) is 38.4 Å². The van der Waals surface area contributed by atoms with Crippen LogP contribution in [0.25, 0.3) is 0 Å². The SMILES string of the molecule is CCCC(C(=O)OCC)C(O)c1c(F)cccc1F. The summed E-state index contributed by atoms with van der Waals surface area (Å²) in [6.45, 7) is 3.61. The Labute approximate surface area is 111 Å². The Balaban J connectivity index is 3.05. The van der Waals surface area contributed by atoms with Crippen molar-refractivity contribution in [2.24, 2.45) is 5.92 Å². The van der Waals surface area contributed by atoms with Crippen molar-refractivity contribution in [1.29, 1.82) is 0 Å². The molecule has 0 radical (unpaired) electrons. The van der Waals surface area contributed by atoms with E-state index in [-0.39, 0.29) is 6.61 Å². The molecular formula is C14H18F2O3. The molecule has 0 aliphatic carbocycles. The zero-order valence-electron chi connectivity index (χ0n) is 11.0. The molecule has 0 fully saturated rings. The maximum atomic E-state index is 13.6. The lowest BCUT2D eigenvalue weighted by Gasteiger charge is -2.21. The van der Waals surface area contributed by atoms with E-state index < -0.39 is 35.2 Å². The molecule has 1 rings (SSSR count). The second kappa shape index (κ2) is 7.19. The van der Waals surface area contributed by atoms with Gasteiger partial charge in [0.2, 0.25) is 0 Å². The lowest BCUT2D eigenvalue weighted by atomic mass is 9.91. The van der Waals surface area contributed by atoms with E-state index in [2.05, 4.69) is 0 Å². The van der Waals surface area contributed by atoms with Crippen LogP contribution in [0.5, 0.6) is 0 Å². The highest BCUT2D eigenvalue weighted by molar-refractivity contribution is 5.73. The van der Waals surface area contributed by atoms with Gasteiger partial charge in [0.1, 0.15) is 11.6 Å². The van der Waals surface area contributed by atoms with Crippen LogP contribution in [0.3, 0.4) is 0 Å². The molecule has 0 amide bonds. The number of ether oxygens (including phenoxy) is 1. The Bertz CT molecular complexity index is 414. The van der Waals surface area contributed by atoms with E-state index in [4.69, 9.17) is 4.74 Å². The monoisotopic (exact) mass is 272 g/mol. The average Bonchev–Trinajstić information content (AvgIpc) is 2.35. The van der Waals surface area contributed by atoms with Crippen molar-refractivity contribution in [2.75, 3.05) is 6.61 Å². The van der Waals surface area contributed by atoms with Gasteiger partial charge >= 0.3 is 5.97 Å². The van der Waals surface area contributed by atoms with Crippen LogP contribution in [0.15, 0.2) is 18.2 Å². The highest BCUT2D eigenvalue weighted by Gasteiger charge is 2.32. The molecule has 0 saturated carbocycles. The third-order valence-corrected chi connectivity index (χ3v) is 2.87. The molecule has 1 N–H and O–H groups in total. The minimum absolute atomic E-state index is 0.158. The van der Waals surface area contributed by atoms with Gasteiger partial charge < -0.3 is 9.84 Å². The highest BCUT2D eigenvalue weighted by Crippen LogP contribution is 2.30. The Morgan fingerprint density at radius 2 is 1.89 bits per heavy atom. The van der Waals surface area contributed by atoms with Gasteiger partial charge in [0.15, 0.2) is 0 Å². The van der Waals surface area contributed by atoms with Gasteiger partial charge in [-0.25, -0.2) is 8.78 Å². The first-order chi connectivity index (χ1) is 9.02. The first kappa shape index (κ1) is 15.6. The predicted molar refractivity (Wildman–Crippen MR) is 66.3 cm³/mol. The fourth-order valence-corrected chi connectivity index (χ4v) is 1.96. The number of hydrogen-bond acceptors (Lipinski definition) is 3. The predicted octanol–water partition coefficient (Wildman–Crippen LogP) is 2.98. The normalized spacial score (nSPS) is 13.9. The number of hydrogen-bond donors (Lipinski definition) is 1. The van der Waals surface area contributed by atoms with Gasteiger partial charge in [-0.1, -0.05) is 19.4 Å². The van der Waals surface area contributed by atoms with Gasteiger partial charge in [-0.15, -0.1) is 0 Å². The van der Waals surface area contributed by atoms with E-state index >= 15 is 0 Å². The summed E-state index contributed by atoms with van der Waals surface area (Å²) in [4.78, 5) is 11.7. The third kappa shape index (κ3) is 3.73. The van der Waals surface area contributed by atoms with Crippen molar-refractivity contribution >= 4 is 5.97 Å². The molecular weight excluding hydrogens is 254 g/mol. The van der Waals surface area contributed by atoms with E-state index in [0.29, 0.717) is 12.8 Å². The van der Waals surface area contributed by atoms with E-state index in [0.717, 1.165) is 12.1 Å². The van der Waals surface area contributed by atoms with Crippen molar-refractivity contribution in [3.63, 3.8) is 0 Å². The number of carbonyl (C=O) groups excluding carboxylic acids is 1. The minimum atomic E-state index is -1.54. The fraction of sp³-hybridized carbons (Fsp3) is 0.500. The summed E-state index contributed by atoms with van der Waals surface area (Å²) < 4.78 is 32.0. The number of rotatable bonds is 6. The van der Waals surface area contributed by atoms with Crippen LogP contribution >= 0.6 is 0 Å². The molecule has 0 saturated heterocycles. The summed E-state index contributed by atoms with van der Waals surface area (Å²) in [7, 11) is 0. The Morgan fingerprint density at radius 1 is 1.32 bits per heavy atom. The van der Waals surface area contributed by atoms with E-state index in [1.807, 2.05) is 6.92 Å². The molecule has 2 atom stereocenters. The average molecular weight is 272 g/mol. The van der Waals surface area contributed by atoms with E-state index in [1.54, 1.807) is 6.92 Å². The van der Waals surface area contributed by atoms with Crippen molar-refractivity contribution < 1.29 is 23.4 Å². The van der Waals surface area contributed by atoms with Crippen LogP contribution in [0.2, 0.25) is 0 Å². The molecule has 19 heavy (non-hydrogen) atoms. The first-order valence-corrected chi connectivity index (χ1v) is 6.31. The van der Waals surface area contributed by atoms with E-state index in [9.17, 15) is 18.7 Å². The zero-order chi connectivity index (χ0) is 14.4. The maximum Gasteiger partial charge on any atom is 0.311 e. The molecule has 5 heteroatoms. The largest absolute Gasteiger partial charge is 0.466 e. The van der Waals surface area contributed by atoms with Crippen molar-refractivity contribution in [2.45, 2.75) is 32.8 Å². The van der Waals surface area contributed by atoms with Gasteiger partial charge in [0.05, 0.1) is 24.2 Å². The van der Waals surface area contributed by atoms with Gasteiger partial charge in [0, 0.05) is 0 Å². The number of carbonyl (C=O) groups is 1. The van der Waals surface area contributed by atoms with Crippen molar-refractivity contribution in [3.05, 3.63) is 35.4 Å². The molecule has 2 unspecified atom stereocenters. The Morgan fingerprint density at radius 3 is 2.37 bits per heavy atom. The number of aliphatic hydroxyl groups excluding tert-OH is 1. The zero-order valence-corrected chi connectivity index (χ0v) is 11.0. The van der Waals surface area contributed by atoms with Crippen LogP contribution in [-0.4, -0.2) is 17.7 Å². The van der Waals surface area contributed by atoms with E-state index in [1.165, 1.54) is 6.07 Å². The van der Waals surface area contributed by atoms with Crippen LogP contribution in [0, 0.1) is 17.6 Å². The van der Waals surface area contributed by atoms with Gasteiger partial charge in [-0.2, -0.15) is 0 Å². The number of esters is 1. The summed E-state index contributed by atoms with van der Waals surface area (Å²) in [6.07, 6.45) is -0.648. The van der Waals surface area contributed by atoms with Crippen LogP contribution < -0.4 is 0 Å². The molecule has 0 aliphatic heterocycles. The highest BCUT2D eigenvalue weighted by atomic mass is 19.1. The summed E-state index contributed by atoms with van der Waals surface area (Å²) >= 11 is 0. The Kier molecular flexibility index (Phi) is 5.89.